The summed E-state index contributed by atoms with van der Waals surface area (Å²) >= 11 is 6.34. The van der Waals surface area contributed by atoms with E-state index in [1.54, 1.807) is 0 Å². The number of hydrogen-bond acceptors (Lipinski definition) is 1. The molecule has 44 heavy (non-hydrogen) atoms. The quantitative estimate of drug-likeness (QED) is 0.0499. The summed E-state index contributed by atoms with van der Waals surface area (Å²) < 4.78 is 0. The Balaban J connectivity index is 4.88. The Morgan fingerprint density at radius 2 is 0.432 bits per heavy atom. The largest absolute Gasteiger partial charge is 0.349 e. The van der Waals surface area contributed by atoms with Crippen LogP contribution in [0, 0.1) is 0 Å². The number of rotatable bonds is 36. The van der Waals surface area contributed by atoms with E-state index < -0.39 is 0 Å². The van der Waals surface area contributed by atoms with Crippen molar-refractivity contribution < 1.29 is 0 Å². The Hall–Kier alpha value is -0.310. The minimum atomic E-state index is 1.18. The highest BCUT2D eigenvalue weighted by molar-refractivity contribution is 7.80. The molecule has 0 amide bonds. The minimum absolute atomic E-state index is 1.18. The molecule has 0 rings (SSSR count). The Kier molecular flexibility index (Phi) is 36.9. The van der Waals surface area contributed by atoms with Gasteiger partial charge in [0.05, 0.1) is 0 Å². The van der Waals surface area contributed by atoms with Crippen LogP contribution in [0.2, 0.25) is 0 Å². The molecule has 0 aromatic carbocycles. The molecule has 0 N–H and O–H groups in total. The molecule has 0 unspecified atom stereocenters. The molecule has 0 fully saturated rings. The normalized spacial score (nSPS) is 11.4. The lowest BCUT2D eigenvalue weighted by Gasteiger charge is -2.34. The summed E-state index contributed by atoms with van der Waals surface area (Å²) in [6.45, 7) is 14.0. The van der Waals surface area contributed by atoms with Gasteiger partial charge in [-0.05, 0) is 37.9 Å². The monoisotopic (exact) mass is 637 g/mol. The van der Waals surface area contributed by atoms with Crippen molar-refractivity contribution in [3.05, 3.63) is 0 Å². The molecule has 3 heteroatoms. The van der Waals surface area contributed by atoms with Crippen molar-refractivity contribution in [2.75, 3.05) is 26.2 Å². The van der Waals surface area contributed by atoms with Crippen LogP contribution in [0.15, 0.2) is 0 Å². The Labute approximate surface area is 285 Å². The van der Waals surface area contributed by atoms with Crippen molar-refractivity contribution in [2.24, 2.45) is 0 Å². The number of unbranched alkanes of at least 4 members (excludes halogenated alkanes) is 28. The summed E-state index contributed by atoms with van der Waals surface area (Å²) in [5, 5.41) is 1.20. The van der Waals surface area contributed by atoms with E-state index in [1.165, 1.54) is 237 Å². The molecule has 264 valence electrons. The average molecular weight is 637 g/mol. The molecule has 0 spiro atoms. The van der Waals surface area contributed by atoms with E-state index in [0.717, 1.165) is 0 Å². The van der Waals surface area contributed by atoms with Gasteiger partial charge in [0.15, 0.2) is 5.11 Å². The van der Waals surface area contributed by atoms with Gasteiger partial charge in [-0.2, -0.15) is 0 Å². The van der Waals surface area contributed by atoms with Crippen molar-refractivity contribution in [3.8, 4) is 0 Å². The Morgan fingerprint density at radius 1 is 0.273 bits per heavy atom. The van der Waals surface area contributed by atoms with E-state index in [0.29, 0.717) is 0 Å². The molecule has 0 atom stereocenters. The van der Waals surface area contributed by atoms with Gasteiger partial charge in [0.1, 0.15) is 0 Å². The van der Waals surface area contributed by atoms with Gasteiger partial charge >= 0.3 is 0 Å². The molecule has 0 heterocycles. The third-order valence-electron chi connectivity index (χ3n) is 9.67. The van der Waals surface area contributed by atoms with Crippen LogP contribution < -0.4 is 0 Å². The van der Waals surface area contributed by atoms with E-state index in [1.807, 2.05) is 0 Å². The third-order valence-corrected chi connectivity index (χ3v) is 10.2. The fourth-order valence-electron chi connectivity index (χ4n) is 6.55. The molecule has 2 nitrogen and oxygen atoms in total. The number of thiocarbonyl (C=S) groups is 1. The van der Waals surface area contributed by atoms with Crippen LogP contribution in [0.5, 0.6) is 0 Å². The van der Waals surface area contributed by atoms with Gasteiger partial charge in [0, 0.05) is 26.2 Å². The van der Waals surface area contributed by atoms with Crippen molar-refractivity contribution in [1.29, 1.82) is 0 Å². The average Bonchev–Trinajstić information content (AvgIpc) is 3.03. The van der Waals surface area contributed by atoms with E-state index in [9.17, 15) is 0 Å². The molecule has 0 saturated carbocycles. The van der Waals surface area contributed by atoms with Crippen LogP contribution in [0.3, 0.4) is 0 Å². The maximum absolute atomic E-state index is 6.34. The van der Waals surface area contributed by atoms with Gasteiger partial charge in [0.2, 0.25) is 0 Å². The van der Waals surface area contributed by atoms with Gasteiger partial charge in [-0.1, -0.05) is 207 Å². The minimum Gasteiger partial charge on any atom is -0.349 e. The summed E-state index contributed by atoms with van der Waals surface area (Å²) in [4.78, 5) is 5.30. The maximum atomic E-state index is 6.34. The lowest BCUT2D eigenvalue weighted by molar-refractivity contribution is 0.303. The zero-order valence-corrected chi connectivity index (χ0v) is 32.1. The molecule has 0 aromatic rings. The highest BCUT2D eigenvalue weighted by Crippen LogP contribution is 2.16. The first-order chi connectivity index (χ1) is 21.7. The first kappa shape index (κ1) is 43.7. The summed E-state index contributed by atoms with van der Waals surface area (Å²) in [5.74, 6) is 0. The van der Waals surface area contributed by atoms with Crippen LogP contribution in [0.25, 0.3) is 0 Å². The zero-order chi connectivity index (χ0) is 32.2. The fraction of sp³-hybridized carbons (Fsp3) is 0.976. The topological polar surface area (TPSA) is 6.48 Å². The summed E-state index contributed by atoms with van der Waals surface area (Å²) in [6.07, 6.45) is 44.5. The van der Waals surface area contributed by atoms with Gasteiger partial charge in [0.25, 0.3) is 0 Å². The van der Waals surface area contributed by atoms with Crippen molar-refractivity contribution in [2.45, 2.75) is 233 Å². The standard InChI is InChI=1S/C41H84N2S/c1-5-9-13-17-21-25-29-33-37-42(38-34-30-26-22-18-14-10-6-2)41(44)43(39-35-31-27-23-19-15-11-7-3)40-36-32-28-24-20-16-12-8-4/h5-40H2,1-4H3. The molecular formula is C41H84N2S. The van der Waals surface area contributed by atoms with Crippen LogP contribution >= 0.6 is 12.2 Å². The van der Waals surface area contributed by atoms with Crippen molar-refractivity contribution in [1.82, 2.24) is 9.80 Å². The molecule has 0 aliphatic heterocycles. The fourth-order valence-corrected chi connectivity index (χ4v) is 6.92. The summed E-state index contributed by atoms with van der Waals surface area (Å²) in [7, 11) is 0. The first-order valence-electron chi connectivity index (χ1n) is 20.7. The van der Waals surface area contributed by atoms with Crippen LogP contribution in [-0.2, 0) is 0 Å². The molecule has 0 bridgehead atoms. The van der Waals surface area contributed by atoms with Gasteiger partial charge < -0.3 is 9.80 Å². The molecule has 0 aromatic heterocycles. The van der Waals surface area contributed by atoms with Crippen molar-refractivity contribution in [3.63, 3.8) is 0 Å². The zero-order valence-electron chi connectivity index (χ0n) is 31.3. The smallest absolute Gasteiger partial charge is 0.171 e. The van der Waals surface area contributed by atoms with Crippen LogP contribution in [0.1, 0.15) is 233 Å². The van der Waals surface area contributed by atoms with Gasteiger partial charge in [-0.15, -0.1) is 0 Å². The van der Waals surface area contributed by atoms with E-state index >= 15 is 0 Å². The SMILES string of the molecule is CCCCCCCCCCN(CCCCCCCCCC)C(=S)N(CCCCCCCCCC)CCCCCCCCCC. The molecule has 0 saturated heterocycles. The predicted molar refractivity (Wildman–Crippen MR) is 206 cm³/mol. The van der Waals surface area contributed by atoms with Gasteiger partial charge in [-0.25, -0.2) is 0 Å². The Morgan fingerprint density at radius 3 is 0.614 bits per heavy atom. The lowest BCUT2D eigenvalue weighted by atomic mass is 10.1. The van der Waals surface area contributed by atoms with E-state index in [4.69, 9.17) is 12.2 Å². The molecule has 0 aliphatic rings. The van der Waals surface area contributed by atoms with E-state index in [-0.39, 0.29) is 0 Å². The lowest BCUT2D eigenvalue weighted by Crippen LogP contribution is -2.44. The predicted octanol–water partition coefficient (Wildman–Crippen LogP) is 14.4. The Bertz CT molecular complexity index is 465. The summed E-state index contributed by atoms with van der Waals surface area (Å²) in [5.41, 5.74) is 0. The highest BCUT2D eigenvalue weighted by atomic mass is 32.1. The number of nitrogens with zero attached hydrogens (tertiary/aromatic N) is 2. The van der Waals surface area contributed by atoms with Gasteiger partial charge in [-0.3, -0.25) is 0 Å². The third kappa shape index (κ3) is 30.3. The second-order valence-corrected chi connectivity index (χ2v) is 14.5. The number of hydrogen-bond donors (Lipinski definition) is 0. The molecular weight excluding hydrogens is 553 g/mol. The first-order valence-corrected chi connectivity index (χ1v) is 21.2. The summed E-state index contributed by atoms with van der Waals surface area (Å²) in [6, 6.07) is 0. The van der Waals surface area contributed by atoms with E-state index in [2.05, 4.69) is 37.5 Å². The molecule has 0 aliphatic carbocycles. The van der Waals surface area contributed by atoms with Crippen LogP contribution in [-0.4, -0.2) is 41.1 Å². The maximum Gasteiger partial charge on any atom is 0.171 e. The van der Waals surface area contributed by atoms with Crippen molar-refractivity contribution >= 4 is 17.3 Å². The second kappa shape index (κ2) is 37.2. The second-order valence-electron chi connectivity index (χ2n) is 14.2. The molecule has 0 radical (unpaired) electrons. The highest BCUT2D eigenvalue weighted by Gasteiger charge is 2.16. The van der Waals surface area contributed by atoms with Crippen LogP contribution in [0.4, 0.5) is 0 Å².